The number of benzene rings is 1. The van der Waals surface area contributed by atoms with Gasteiger partial charge in [-0.15, -0.1) is 6.58 Å². The van der Waals surface area contributed by atoms with Crippen molar-refractivity contribution >= 4 is 11.8 Å². The third-order valence-electron chi connectivity index (χ3n) is 5.05. The van der Waals surface area contributed by atoms with Crippen molar-refractivity contribution in [3.05, 3.63) is 48.6 Å². The van der Waals surface area contributed by atoms with E-state index < -0.39 is 0 Å². The van der Waals surface area contributed by atoms with Gasteiger partial charge in [0.1, 0.15) is 12.4 Å². The van der Waals surface area contributed by atoms with E-state index in [2.05, 4.69) is 20.4 Å². The Morgan fingerprint density at radius 3 is 2.50 bits per heavy atom. The van der Waals surface area contributed by atoms with Gasteiger partial charge in [0.25, 0.3) is 0 Å². The third kappa shape index (κ3) is 7.55. The summed E-state index contributed by atoms with van der Waals surface area (Å²) in [5.41, 5.74) is 1.02. The van der Waals surface area contributed by atoms with Gasteiger partial charge in [0.05, 0.1) is 0 Å². The van der Waals surface area contributed by atoms with Crippen LogP contribution in [0.5, 0.6) is 0 Å². The van der Waals surface area contributed by atoms with Crippen molar-refractivity contribution in [2.45, 2.75) is 65.9 Å². The van der Waals surface area contributed by atoms with E-state index in [1.807, 2.05) is 36.4 Å². The minimum Gasteiger partial charge on any atom is -0.461 e. The van der Waals surface area contributed by atoms with E-state index in [9.17, 15) is 9.59 Å². The number of hydrogen-bond acceptors (Lipinski definition) is 3. The molecule has 1 fully saturated rings. The molecule has 0 radical (unpaired) electrons. The molecule has 1 aliphatic carbocycles. The zero-order chi connectivity index (χ0) is 19.4. The van der Waals surface area contributed by atoms with E-state index in [0.717, 1.165) is 31.2 Å². The molecule has 0 aliphatic heterocycles. The molecule has 0 bridgehead atoms. The van der Waals surface area contributed by atoms with E-state index in [1.54, 1.807) is 0 Å². The first kappa shape index (κ1) is 22.1. The summed E-state index contributed by atoms with van der Waals surface area (Å²) >= 11 is 0. The average Bonchev–Trinajstić information content (AvgIpc) is 2.95. The van der Waals surface area contributed by atoms with Crippen LogP contribution >= 0.6 is 0 Å². The standard InChI is InChI=1S/C14H24O.C9H10O2/c1-4-7-9-13-11(6-3)10-12(8-5-2)14(13)15;1-8(10)11-7-9-5-3-2-4-6-9/h5,11-13H,2,4,6-10H2,1,3H3;2-6H,7H2,1H3. The Morgan fingerprint density at radius 2 is 1.96 bits per heavy atom. The molecule has 3 unspecified atom stereocenters. The highest BCUT2D eigenvalue weighted by atomic mass is 16.5. The van der Waals surface area contributed by atoms with Crippen molar-refractivity contribution in [3.63, 3.8) is 0 Å². The van der Waals surface area contributed by atoms with Crippen molar-refractivity contribution in [1.82, 2.24) is 0 Å². The highest BCUT2D eigenvalue weighted by Crippen LogP contribution is 2.39. The number of ketones is 1. The molecule has 0 N–H and O–H groups in total. The predicted octanol–water partition coefficient (Wildman–Crippen LogP) is 5.73. The molecule has 1 saturated carbocycles. The number of Topliss-reactive ketones (excluding diaryl/α,β-unsaturated/α-hetero) is 1. The van der Waals surface area contributed by atoms with Gasteiger partial charge >= 0.3 is 5.97 Å². The molecule has 1 aromatic rings. The molecule has 0 aromatic heterocycles. The van der Waals surface area contributed by atoms with Crippen molar-refractivity contribution in [2.75, 3.05) is 0 Å². The molecular formula is C23H34O3. The molecular weight excluding hydrogens is 324 g/mol. The van der Waals surface area contributed by atoms with Crippen molar-refractivity contribution < 1.29 is 14.3 Å². The highest BCUT2D eigenvalue weighted by Gasteiger charge is 2.39. The number of unbranched alkanes of at least 4 members (excludes halogenated alkanes) is 1. The summed E-state index contributed by atoms with van der Waals surface area (Å²) in [6, 6.07) is 9.60. The molecule has 1 aliphatic rings. The Morgan fingerprint density at radius 1 is 1.27 bits per heavy atom. The first-order chi connectivity index (χ1) is 12.5. The van der Waals surface area contributed by atoms with E-state index in [1.165, 1.54) is 19.8 Å². The van der Waals surface area contributed by atoms with Crippen molar-refractivity contribution in [3.8, 4) is 0 Å². The minimum absolute atomic E-state index is 0.242. The summed E-state index contributed by atoms with van der Waals surface area (Å²) < 4.78 is 4.79. The fourth-order valence-corrected chi connectivity index (χ4v) is 3.61. The maximum absolute atomic E-state index is 12.1. The number of hydrogen-bond donors (Lipinski definition) is 0. The fraction of sp³-hybridized carbons (Fsp3) is 0.565. The Bertz CT molecular complexity index is 550. The number of carbonyl (C=O) groups excluding carboxylic acids is 2. The van der Waals surface area contributed by atoms with Gasteiger partial charge in [0, 0.05) is 18.8 Å². The molecule has 0 spiro atoms. The predicted molar refractivity (Wildman–Crippen MR) is 107 cm³/mol. The number of allylic oxidation sites excluding steroid dienone is 1. The molecule has 26 heavy (non-hydrogen) atoms. The number of rotatable bonds is 8. The van der Waals surface area contributed by atoms with Crippen LogP contribution in [0.4, 0.5) is 0 Å². The number of carbonyl (C=O) groups is 2. The van der Waals surface area contributed by atoms with E-state index >= 15 is 0 Å². The number of esters is 1. The highest BCUT2D eigenvalue weighted by molar-refractivity contribution is 5.86. The Hall–Kier alpha value is -1.90. The van der Waals surface area contributed by atoms with Gasteiger partial charge in [-0.25, -0.2) is 0 Å². The second kappa shape index (κ2) is 12.5. The van der Waals surface area contributed by atoms with Crippen LogP contribution in [0.3, 0.4) is 0 Å². The average molecular weight is 359 g/mol. The van der Waals surface area contributed by atoms with Crippen molar-refractivity contribution in [1.29, 1.82) is 0 Å². The zero-order valence-corrected chi connectivity index (χ0v) is 16.6. The van der Waals surface area contributed by atoms with Crippen LogP contribution in [0, 0.1) is 17.8 Å². The topological polar surface area (TPSA) is 43.4 Å². The molecule has 0 saturated heterocycles. The van der Waals surface area contributed by atoms with Gasteiger partial charge in [-0.1, -0.05) is 69.5 Å². The first-order valence-corrected chi connectivity index (χ1v) is 9.85. The lowest BCUT2D eigenvalue weighted by Gasteiger charge is -2.15. The number of ether oxygens (including phenoxy) is 1. The van der Waals surface area contributed by atoms with E-state index in [0.29, 0.717) is 24.2 Å². The van der Waals surface area contributed by atoms with Gasteiger partial charge in [-0.3, -0.25) is 9.59 Å². The lowest BCUT2D eigenvalue weighted by atomic mass is 9.89. The van der Waals surface area contributed by atoms with Gasteiger partial charge in [0.15, 0.2) is 0 Å². The quantitative estimate of drug-likeness (QED) is 0.440. The molecule has 0 amide bonds. The minimum atomic E-state index is -0.242. The summed E-state index contributed by atoms with van der Waals surface area (Å²) in [5.74, 6) is 1.58. The molecule has 2 rings (SSSR count). The maximum atomic E-state index is 12.1. The van der Waals surface area contributed by atoms with E-state index in [4.69, 9.17) is 4.74 Å². The normalized spacial score (nSPS) is 21.7. The molecule has 3 atom stereocenters. The zero-order valence-electron chi connectivity index (χ0n) is 16.6. The molecule has 3 heteroatoms. The lowest BCUT2D eigenvalue weighted by molar-refractivity contribution is -0.142. The van der Waals surface area contributed by atoms with Gasteiger partial charge in [-0.05, 0) is 30.7 Å². The van der Waals surface area contributed by atoms with E-state index in [-0.39, 0.29) is 11.9 Å². The largest absolute Gasteiger partial charge is 0.461 e. The Labute approximate surface area is 158 Å². The molecule has 3 nitrogen and oxygen atoms in total. The second-order valence-corrected chi connectivity index (χ2v) is 7.04. The second-order valence-electron chi connectivity index (χ2n) is 7.04. The summed E-state index contributed by atoms with van der Waals surface area (Å²) in [4.78, 5) is 22.5. The monoisotopic (exact) mass is 358 g/mol. The van der Waals surface area contributed by atoms with Crippen LogP contribution in [0.25, 0.3) is 0 Å². The van der Waals surface area contributed by atoms with Gasteiger partial charge < -0.3 is 4.74 Å². The van der Waals surface area contributed by atoms with Crippen LogP contribution in [0.15, 0.2) is 43.0 Å². The first-order valence-electron chi connectivity index (χ1n) is 9.85. The fourth-order valence-electron chi connectivity index (χ4n) is 3.61. The van der Waals surface area contributed by atoms with Gasteiger partial charge in [0.2, 0.25) is 0 Å². The molecule has 144 valence electrons. The smallest absolute Gasteiger partial charge is 0.302 e. The lowest BCUT2D eigenvalue weighted by Crippen LogP contribution is -2.16. The Kier molecular flexibility index (Phi) is 10.6. The van der Waals surface area contributed by atoms with Crippen LogP contribution in [0.1, 0.15) is 64.9 Å². The van der Waals surface area contributed by atoms with Gasteiger partial charge in [-0.2, -0.15) is 0 Å². The van der Waals surface area contributed by atoms with Crippen LogP contribution in [-0.4, -0.2) is 11.8 Å². The van der Waals surface area contributed by atoms with Crippen LogP contribution < -0.4 is 0 Å². The molecule has 1 aromatic carbocycles. The van der Waals surface area contributed by atoms with Crippen molar-refractivity contribution in [2.24, 2.45) is 17.8 Å². The van der Waals surface area contributed by atoms with Crippen LogP contribution in [-0.2, 0) is 20.9 Å². The summed E-state index contributed by atoms with van der Waals surface area (Å²) in [5, 5.41) is 0. The summed E-state index contributed by atoms with van der Waals surface area (Å²) in [6.07, 6.45) is 8.57. The SMILES string of the molecule is C=CCC1CC(CC)C(CCCC)C1=O.CC(=O)OCc1ccccc1. The molecule has 0 heterocycles. The summed E-state index contributed by atoms with van der Waals surface area (Å²) in [6.45, 7) is 9.93. The maximum Gasteiger partial charge on any atom is 0.302 e. The third-order valence-corrected chi connectivity index (χ3v) is 5.05. The Balaban J connectivity index is 0.000000273. The van der Waals surface area contributed by atoms with Crippen LogP contribution in [0.2, 0.25) is 0 Å². The summed E-state index contributed by atoms with van der Waals surface area (Å²) in [7, 11) is 0.